The first-order valence-electron chi connectivity index (χ1n) is 13.0. The highest BCUT2D eigenvalue weighted by Gasteiger charge is 2.48. The lowest BCUT2D eigenvalue weighted by Crippen LogP contribution is -2.64. The van der Waals surface area contributed by atoms with E-state index in [1.165, 1.54) is 12.8 Å². The third kappa shape index (κ3) is 5.39. The summed E-state index contributed by atoms with van der Waals surface area (Å²) in [5, 5.41) is 8.06. The van der Waals surface area contributed by atoms with Crippen LogP contribution in [0.5, 0.6) is 5.75 Å². The molecule has 0 spiro atoms. The molecule has 2 amide bonds. The van der Waals surface area contributed by atoms with Gasteiger partial charge in [-0.2, -0.15) is 5.10 Å². The van der Waals surface area contributed by atoms with Crippen molar-refractivity contribution in [2.45, 2.75) is 103 Å². The molecule has 35 heavy (non-hydrogen) atoms. The molecule has 190 valence electrons. The van der Waals surface area contributed by atoms with Gasteiger partial charge in [0.1, 0.15) is 17.0 Å². The van der Waals surface area contributed by atoms with Gasteiger partial charge in [-0.25, -0.2) is 0 Å². The zero-order valence-corrected chi connectivity index (χ0v) is 21.9. The van der Waals surface area contributed by atoms with Crippen LogP contribution in [0, 0.1) is 0 Å². The smallest absolute Gasteiger partial charge is 0.273 e. The first kappa shape index (κ1) is 25.3. The molecule has 1 aromatic heterocycles. The van der Waals surface area contributed by atoms with Crippen molar-refractivity contribution in [1.82, 2.24) is 20.0 Å². The fraction of sp³-hybridized carbons (Fsp3) is 0.607. The highest BCUT2D eigenvalue weighted by atomic mass is 16.5. The molecule has 1 aromatic carbocycles. The Hall–Kier alpha value is -2.83. The summed E-state index contributed by atoms with van der Waals surface area (Å²) in [5.74, 6) is 0.539. The Morgan fingerprint density at radius 2 is 1.80 bits per heavy atom. The number of amides is 2. The van der Waals surface area contributed by atoms with E-state index < -0.39 is 5.54 Å². The summed E-state index contributed by atoms with van der Waals surface area (Å²) in [6, 6.07) is 9.81. The molecule has 2 heterocycles. The minimum absolute atomic E-state index is 0.0952. The van der Waals surface area contributed by atoms with Gasteiger partial charge in [-0.15, -0.1) is 0 Å². The van der Waals surface area contributed by atoms with E-state index in [9.17, 15) is 9.59 Å². The first-order chi connectivity index (χ1) is 16.6. The van der Waals surface area contributed by atoms with Gasteiger partial charge in [-0.1, -0.05) is 58.6 Å². The zero-order valence-electron chi connectivity index (χ0n) is 21.9. The van der Waals surface area contributed by atoms with E-state index in [1.54, 1.807) is 9.58 Å². The van der Waals surface area contributed by atoms with Crippen LogP contribution in [0.2, 0.25) is 0 Å². The molecule has 1 unspecified atom stereocenters. The molecule has 0 saturated heterocycles. The molecule has 1 fully saturated rings. The highest BCUT2D eigenvalue weighted by molar-refractivity contribution is 5.99. The quantitative estimate of drug-likeness (QED) is 0.601. The molecule has 7 heteroatoms. The van der Waals surface area contributed by atoms with Crippen molar-refractivity contribution in [2.75, 3.05) is 6.61 Å². The van der Waals surface area contributed by atoms with Crippen molar-refractivity contribution in [2.24, 2.45) is 0 Å². The number of carbonyl (C=O) groups is 2. The van der Waals surface area contributed by atoms with Crippen LogP contribution in [0.4, 0.5) is 0 Å². The third-order valence-electron chi connectivity index (χ3n) is 7.32. The second kappa shape index (κ2) is 10.0. The van der Waals surface area contributed by atoms with Gasteiger partial charge >= 0.3 is 0 Å². The fourth-order valence-electron chi connectivity index (χ4n) is 5.06. The second-order valence-electron chi connectivity index (χ2n) is 11.2. The monoisotopic (exact) mass is 480 g/mol. The van der Waals surface area contributed by atoms with Gasteiger partial charge in [0.15, 0.2) is 0 Å². The second-order valence-corrected chi connectivity index (χ2v) is 11.2. The molecular formula is C28H40N4O3. The summed E-state index contributed by atoms with van der Waals surface area (Å²) in [6.07, 6.45) is 6.70. The van der Waals surface area contributed by atoms with Gasteiger partial charge in [0.25, 0.3) is 5.91 Å². The lowest BCUT2D eigenvalue weighted by atomic mass is 9.91. The summed E-state index contributed by atoms with van der Waals surface area (Å²) in [5.41, 5.74) is 1.12. The van der Waals surface area contributed by atoms with E-state index in [0.29, 0.717) is 25.4 Å². The van der Waals surface area contributed by atoms with Crippen molar-refractivity contribution in [1.29, 1.82) is 0 Å². The lowest BCUT2D eigenvalue weighted by molar-refractivity contribution is -0.134. The molecule has 4 rings (SSSR count). The van der Waals surface area contributed by atoms with E-state index in [4.69, 9.17) is 9.84 Å². The number of nitrogens with one attached hydrogen (secondary N) is 1. The number of aromatic nitrogens is 2. The van der Waals surface area contributed by atoms with Gasteiger partial charge in [0, 0.05) is 18.0 Å². The van der Waals surface area contributed by atoms with E-state index >= 15 is 0 Å². The summed E-state index contributed by atoms with van der Waals surface area (Å²) in [7, 11) is 0. The van der Waals surface area contributed by atoms with Gasteiger partial charge in [-0.3, -0.25) is 14.3 Å². The Morgan fingerprint density at radius 1 is 1.14 bits per heavy atom. The average Bonchev–Trinajstić information content (AvgIpc) is 3.08. The maximum atomic E-state index is 13.9. The van der Waals surface area contributed by atoms with E-state index in [1.807, 2.05) is 44.2 Å². The number of ether oxygens (including phenoxy) is 1. The topological polar surface area (TPSA) is 76.5 Å². The van der Waals surface area contributed by atoms with Crippen molar-refractivity contribution >= 4 is 11.8 Å². The summed E-state index contributed by atoms with van der Waals surface area (Å²) in [6.45, 7) is 11.4. The molecule has 1 atom stereocenters. The first-order valence-corrected chi connectivity index (χ1v) is 13.0. The van der Waals surface area contributed by atoms with Crippen LogP contribution in [-0.4, -0.2) is 44.7 Å². The van der Waals surface area contributed by atoms with Crippen molar-refractivity contribution in [3.8, 4) is 5.75 Å². The van der Waals surface area contributed by atoms with Gasteiger partial charge in [0.2, 0.25) is 5.91 Å². The number of carbonyl (C=O) groups excluding carboxylic acids is 2. The van der Waals surface area contributed by atoms with Gasteiger partial charge in [0.05, 0.1) is 18.8 Å². The number of hydrogen-bond donors (Lipinski definition) is 1. The van der Waals surface area contributed by atoms with Crippen LogP contribution in [0.25, 0.3) is 0 Å². The predicted octanol–water partition coefficient (Wildman–Crippen LogP) is 4.83. The number of fused-ring (bicyclic) bond motifs is 1. The van der Waals surface area contributed by atoms with Crippen molar-refractivity contribution in [3.63, 3.8) is 0 Å². The predicted molar refractivity (Wildman–Crippen MR) is 136 cm³/mol. The number of hydrogen-bond acceptors (Lipinski definition) is 4. The Morgan fingerprint density at radius 3 is 2.40 bits per heavy atom. The molecule has 2 aromatic rings. The van der Waals surface area contributed by atoms with E-state index in [0.717, 1.165) is 42.7 Å². The molecule has 1 aliphatic carbocycles. The molecule has 7 nitrogen and oxygen atoms in total. The molecule has 0 radical (unpaired) electrons. The van der Waals surface area contributed by atoms with Crippen LogP contribution in [0.1, 0.15) is 94.9 Å². The Kier molecular flexibility index (Phi) is 7.25. The zero-order chi connectivity index (χ0) is 25.2. The van der Waals surface area contributed by atoms with Crippen LogP contribution in [0.15, 0.2) is 30.3 Å². The van der Waals surface area contributed by atoms with Crippen LogP contribution in [0.3, 0.4) is 0 Å². The Balaban J connectivity index is 1.66. The maximum Gasteiger partial charge on any atom is 0.273 e. The van der Waals surface area contributed by atoms with Crippen molar-refractivity contribution < 1.29 is 14.3 Å². The largest absolute Gasteiger partial charge is 0.494 e. The SMILES string of the molecule is CCOc1ccc(CN2C(=O)c3cc(C(C)(C)C)nn3CC2(C)C(=O)NC2CCCCCC2)cc1. The summed E-state index contributed by atoms with van der Waals surface area (Å²) in [4.78, 5) is 29.4. The maximum absolute atomic E-state index is 13.9. The normalized spacial score (nSPS) is 21.4. The standard InChI is InChI=1S/C28H40N4O3/c1-6-35-22-15-13-20(14-16-22)18-31-25(33)23-17-24(27(2,3)4)30-32(23)19-28(31,5)26(34)29-21-11-9-7-8-10-12-21/h13-17,21H,6-12,18-19H2,1-5H3,(H,29,34). The number of nitrogens with zero attached hydrogens (tertiary/aromatic N) is 3. The average molecular weight is 481 g/mol. The van der Waals surface area contributed by atoms with Gasteiger partial charge < -0.3 is 15.0 Å². The molecule has 0 bridgehead atoms. The van der Waals surface area contributed by atoms with E-state index in [-0.39, 0.29) is 23.3 Å². The van der Waals surface area contributed by atoms with Crippen LogP contribution < -0.4 is 10.1 Å². The molecule has 1 saturated carbocycles. The summed E-state index contributed by atoms with van der Waals surface area (Å²) >= 11 is 0. The number of benzene rings is 1. The Bertz CT molecular complexity index is 1050. The molecule has 1 N–H and O–H groups in total. The lowest BCUT2D eigenvalue weighted by Gasteiger charge is -2.44. The summed E-state index contributed by atoms with van der Waals surface area (Å²) < 4.78 is 7.31. The highest BCUT2D eigenvalue weighted by Crippen LogP contribution is 2.32. The number of rotatable bonds is 6. The van der Waals surface area contributed by atoms with E-state index in [2.05, 4.69) is 26.1 Å². The fourth-order valence-corrected chi connectivity index (χ4v) is 5.06. The van der Waals surface area contributed by atoms with Crippen LogP contribution in [-0.2, 0) is 23.3 Å². The van der Waals surface area contributed by atoms with Gasteiger partial charge in [-0.05, 0) is 50.5 Å². The van der Waals surface area contributed by atoms with Crippen molar-refractivity contribution in [3.05, 3.63) is 47.3 Å². The molecule has 2 aliphatic rings. The van der Waals surface area contributed by atoms with Crippen LogP contribution >= 0.6 is 0 Å². The third-order valence-corrected chi connectivity index (χ3v) is 7.32. The Labute approximate surface area is 209 Å². The molecule has 1 aliphatic heterocycles. The molecular weight excluding hydrogens is 440 g/mol. The minimum atomic E-state index is -1.05. The minimum Gasteiger partial charge on any atom is -0.494 e.